The van der Waals surface area contributed by atoms with Gasteiger partial charge in [-0.1, -0.05) is 18.5 Å². The van der Waals surface area contributed by atoms with Crippen LogP contribution in [0.4, 0.5) is 0 Å². The maximum atomic E-state index is 5.84. The molecule has 0 amide bonds. The van der Waals surface area contributed by atoms with Gasteiger partial charge in [0.25, 0.3) is 0 Å². The second kappa shape index (κ2) is 7.97. The zero-order valence-corrected chi connectivity index (χ0v) is 12.8. The van der Waals surface area contributed by atoms with Crippen LogP contribution in [-0.2, 0) is 13.0 Å². The monoisotopic (exact) mass is 309 g/mol. The van der Waals surface area contributed by atoms with Crippen molar-refractivity contribution in [1.29, 1.82) is 0 Å². The molecule has 6 nitrogen and oxygen atoms in total. The van der Waals surface area contributed by atoms with Crippen LogP contribution in [0.15, 0.2) is 30.6 Å². The predicted octanol–water partition coefficient (Wildman–Crippen LogP) is 1.79. The van der Waals surface area contributed by atoms with Gasteiger partial charge in [-0.25, -0.2) is 4.98 Å². The smallest absolute Gasteiger partial charge is 0.138 e. The average molecular weight is 310 g/mol. The highest BCUT2D eigenvalue weighted by Gasteiger charge is 2.13. The molecule has 0 aliphatic heterocycles. The Kier molecular flexibility index (Phi) is 5.98. The standard InChI is InChI=1S/C14H20ClN5O/c1-2-7-20-14(17-10-18-20)8-12(19-16)9-21-13-5-3-11(15)4-6-13/h3-6,10,12,19H,2,7-9,16H2,1H3. The molecule has 114 valence electrons. The highest BCUT2D eigenvalue weighted by molar-refractivity contribution is 6.30. The number of benzene rings is 1. The lowest BCUT2D eigenvalue weighted by molar-refractivity contribution is 0.261. The van der Waals surface area contributed by atoms with E-state index < -0.39 is 0 Å². The number of rotatable bonds is 8. The molecule has 0 saturated heterocycles. The highest BCUT2D eigenvalue weighted by atomic mass is 35.5. The van der Waals surface area contributed by atoms with E-state index in [-0.39, 0.29) is 6.04 Å². The van der Waals surface area contributed by atoms with Gasteiger partial charge in [0.1, 0.15) is 24.5 Å². The zero-order chi connectivity index (χ0) is 15.1. The van der Waals surface area contributed by atoms with Gasteiger partial charge in [-0.3, -0.25) is 16.0 Å². The van der Waals surface area contributed by atoms with Gasteiger partial charge in [0.2, 0.25) is 0 Å². The first-order valence-electron chi connectivity index (χ1n) is 6.94. The van der Waals surface area contributed by atoms with Gasteiger partial charge in [0, 0.05) is 18.0 Å². The third-order valence-electron chi connectivity index (χ3n) is 3.06. The van der Waals surface area contributed by atoms with E-state index in [1.165, 1.54) is 0 Å². The Hall–Kier alpha value is -1.63. The van der Waals surface area contributed by atoms with Crippen molar-refractivity contribution in [2.75, 3.05) is 6.61 Å². The van der Waals surface area contributed by atoms with Crippen LogP contribution in [-0.4, -0.2) is 27.4 Å². The summed E-state index contributed by atoms with van der Waals surface area (Å²) in [6, 6.07) is 7.20. The molecule has 1 aromatic heterocycles. The summed E-state index contributed by atoms with van der Waals surface area (Å²) in [5, 5.41) is 4.89. The van der Waals surface area contributed by atoms with Crippen molar-refractivity contribution >= 4 is 11.6 Å². The van der Waals surface area contributed by atoms with E-state index in [2.05, 4.69) is 22.4 Å². The minimum absolute atomic E-state index is 0.0412. The Labute approximate surface area is 129 Å². The normalized spacial score (nSPS) is 12.3. The molecule has 1 atom stereocenters. The summed E-state index contributed by atoms with van der Waals surface area (Å²) in [7, 11) is 0. The minimum Gasteiger partial charge on any atom is -0.492 e. The number of aromatic nitrogens is 3. The number of aryl methyl sites for hydroxylation is 1. The topological polar surface area (TPSA) is 78.0 Å². The lowest BCUT2D eigenvalue weighted by Gasteiger charge is -2.16. The number of nitrogens with zero attached hydrogens (tertiary/aromatic N) is 3. The summed E-state index contributed by atoms with van der Waals surface area (Å²) in [5.41, 5.74) is 2.76. The van der Waals surface area contributed by atoms with Crippen molar-refractivity contribution < 1.29 is 4.74 Å². The van der Waals surface area contributed by atoms with E-state index in [4.69, 9.17) is 22.2 Å². The van der Waals surface area contributed by atoms with E-state index in [0.29, 0.717) is 18.1 Å². The number of hydrazine groups is 1. The van der Waals surface area contributed by atoms with E-state index in [1.54, 1.807) is 18.5 Å². The van der Waals surface area contributed by atoms with Gasteiger partial charge < -0.3 is 4.74 Å². The Bertz CT molecular complexity index is 543. The van der Waals surface area contributed by atoms with Gasteiger partial charge >= 0.3 is 0 Å². The van der Waals surface area contributed by atoms with Crippen LogP contribution in [0.3, 0.4) is 0 Å². The van der Waals surface area contributed by atoms with Gasteiger partial charge in [-0.05, 0) is 30.7 Å². The van der Waals surface area contributed by atoms with Gasteiger partial charge in [-0.2, -0.15) is 5.10 Å². The average Bonchev–Trinajstić information content (AvgIpc) is 2.92. The molecule has 7 heteroatoms. The molecule has 3 N–H and O–H groups in total. The summed E-state index contributed by atoms with van der Waals surface area (Å²) in [6.07, 6.45) is 3.24. The molecule has 0 aliphatic rings. The fourth-order valence-electron chi connectivity index (χ4n) is 1.96. The Morgan fingerprint density at radius 1 is 1.38 bits per heavy atom. The molecule has 1 heterocycles. The summed E-state index contributed by atoms with van der Waals surface area (Å²) < 4.78 is 7.60. The zero-order valence-electron chi connectivity index (χ0n) is 12.0. The van der Waals surface area contributed by atoms with Gasteiger partial charge in [0.05, 0.1) is 6.04 Å². The molecule has 0 saturated carbocycles. The molecule has 0 fully saturated rings. The lowest BCUT2D eigenvalue weighted by atomic mass is 10.2. The molecule has 1 unspecified atom stereocenters. The molecule has 2 aromatic rings. The second-order valence-corrected chi connectivity index (χ2v) is 5.17. The van der Waals surface area contributed by atoms with Crippen LogP contribution in [0.1, 0.15) is 19.2 Å². The van der Waals surface area contributed by atoms with Crippen LogP contribution in [0.25, 0.3) is 0 Å². The lowest BCUT2D eigenvalue weighted by Crippen LogP contribution is -2.41. The third-order valence-corrected chi connectivity index (χ3v) is 3.31. The summed E-state index contributed by atoms with van der Waals surface area (Å²) in [4.78, 5) is 4.27. The third kappa shape index (κ3) is 4.70. The van der Waals surface area contributed by atoms with Crippen molar-refractivity contribution in [3.63, 3.8) is 0 Å². The Morgan fingerprint density at radius 2 is 2.14 bits per heavy atom. The summed E-state index contributed by atoms with van der Waals surface area (Å²) in [6.45, 7) is 3.40. The maximum absolute atomic E-state index is 5.84. The number of ether oxygens (including phenoxy) is 1. The maximum Gasteiger partial charge on any atom is 0.138 e. The molecule has 2 rings (SSSR count). The molecule has 0 bridgehead atoms. The van der Waals surface area contributed by atoms with Crippen LogP contribution in [0.5, 0.6) is 5.75 Å². The van der Waals surface area contributed by atoms with Crippen molar-refractivity contribution in [3.8, 4) is 5.75 Å². The van der Waals surface area contributed by atoms with Crippen LogP contribution in [0.2, 0.25) is 5.02 Å². The first kappa shape index (κ1) is 15.8. The molecule has 0 radical (unpaired) electrons. The fourth-order valence-corrected chi connectivity index (χ4v) is 2.08. The van der Waals surface area contributed by atoms with Crippen molar-refractivity contribution in [2.45, 2.75) is 32.4 Å². The summed E-state index contributed by atoms with van der Waals surface area (Å²) in [5.74, 6) is 7.25. The second-order valence-electron chi connectivity index (χ2n) is 4.73. The minimum atomic E-state index is -0.0412. The molecule has 0 spiro atoms. The number of halogens is 1. The highest BCUT2D eigenvalue weighted by Crippen LogP contribution is 2.15. The van der Waals surface area contributed by atoms with E-state index >= 15 is 0 Å². The first-order valence-corrected chi connectivity index (χ1v) is 7.32. The van der Waals surface area contributed by atoms with E-state index in [1.807, 2.05) is 16.8 Å². The first-order chi connectivity index (χ1) is 10.2. The summed E-state index contributed by atoms with van der Waals surface area (Å²) >= 11 is 5.84. The Morgan fingerprint density at radius 3 is 2.81 bits per heavy atom. The van der Waals surface area contributed by atoms with Gasteiger partial charge in [0.15, 0.2) is 0 Å². The number of hydrogen-bond acceptors (Lipinski definition) is 5. The largest absolute Gasteiger partial charge is 0.492 e. The fraction of sp³-hybridized carbons (Fsp3) is 0.429. The Balaban J connectivity index is 1.90. The quantitative estimate of drug-likeness (QED) is 0.574. The molecular weight excluding hydrogens is 290 g/mol. The van der Waals surface area contributed by atoms with E-state index in [0.717, 1.165) is 24.5 Å². The van der Waals surface area contributed by atoms with Gasteiger partial charge in [-0.15, -0.1) is 0 Å². The predicted molar refractivity (Wildman–Crippen MR) is 82.1 cm³/mol. The van der Waals surface area contributed by atoms with Crippen molar-refractivity contribution in [1.82, 2.24) is 20.2 Å². The van der Waals surface area contributed by atoms with Crippen LogP contribution in [0, 0.1) is 0 Å². The van der Waals surface area contributed by atoms with Crippen molar-refractivity contribution in [2.24, 2.45) is 5.84 Å². The molecule has 1 aromatic carbocycles. The van der Waals surface area contributed by atoms with Crippen LogP contribution < -0.4 is 16.0 Å². The number of hydrogen-bond donors (Lipinski definition) is 2. The molecule has 0 aliphatic carbocycles. The molecule has 21 heavy (non-hydrogen) atoms. The number of nitrogens with one attached hydrogen (secondary N) is 1. The molecular formula is C14H20ClN5O. The van der Waals surface area contributed by atoms with E-state index in [9.17, 15) is 0 Å². The van der Waals surface area contributed by atoms with Crippen molar-refractivity contribution in [3.05, 3.63) is 41.4 Å². The SMILES string of the molecule is CCCn1ncnc1CC(COc1ccc(Cl)cc1)NN. The number of nitrogens with two attached hydrogens (primary N) is 1. The van der Waals surface area contributed by atoms with Crippen LogP contribution >= 0.6 is 11.6 Å².